The number of carbonyl (C=O) groups excluding carboxylic acids is 1. The average Bonchev–Trinajstić information content (AvgIpc) is 2.82. The van der Waals surface area contributed by atoms with Crippen molar-refractivity contribution in [2.75, 3.05) is 12.4 Å². The second-order valence-electron chi connectivity index (χ2n) is 6.89. The molecule has 3 rings (SSSR count). The molecule has 24 heavy (non-hydrogen) atoms. The van der Waals surface area contributed by atoms with Gasteiger partial charge >= 0.3 is 0 Å². The van der Waals surface area contributed by atoms with Crippen molar-refractivity contribution in [3.63, 3.8) is 0 Å². The molecular formula is C20H20BrNO2. The van der Waals surface area contributed by atoms with Crippen LogP contribution >= 0.6 is 15.9 Å². The second kappa shape index (κ2) is 6.10. The second-order valence-corrected chi connectivity index (χ2v) is 7.75. The Bertz CT molecular complexity index is 847. The van der Waals surface area contributed by atoms with Crippen molar-refractivity contribution in [1.82, 2.24) is 0 Å². The van der Waals surface area contributed by atoms with Gasteiger partial charge in [0.1, 0.15) is 5.75 Å². The zero-order valence-electron chi connectivity index (χ0n) is 14.2. The first kappa shape index (κ1) is 16.8. The highest BCUT2D eigenvalue weighted by molar-refractivity contribution is 9.10. The minimum atomic E-state index is -0.0712. The number of nitrogens with one attached hydrogen (secondary N) is 1. The molecule has 0 saturated heterocycles. The summed E-state index contributed by atoms with van der Waals surface area (Å²) in [5, 5.41) is 2.91. The number of ether oxygens (including phenoxy) is 1. The third-order valence-corrected chi connectivity index (χ3v) is 4.69. The Kier molecular flexibility index (Phi) is 4.26. The topological polar surface area (TPSA) is 38.3 Å². The van der Waals surface area contributed by atoms with E-state index in [9.17, 15) is 4.79 Å². The number of halogens is 1. The molecule has 2 aromatic rings. The molecule has 124 valence electrons. The lowest BCUT2D eigenvalue weighted by Crippen LogP contribution is -2.13. The van der Waals surface area contributed by atoms with E-state index in [4.69, 9.17) is 4.74 Å². The number of amides is 1. The quantitative estimate of drug-likeness (QED) is 0.717. The van der Waals surface area contributed by atoms with E-state index < -0.39 is 0 Å². The highest BCUT2D eigenvalue weighted by Crippen LogP contribution is 2.39. The normalized spacial score (nSPS) is 15.4. The first-order chi connectivity index (χ1) is 11.3. The summed E-state index contributed by atoms with van der Waals surface area (Å²) in [6, 6.07) is 11.8. The van der Waals surface area contributed by atoms with Crippen molar-refractivity contribution in [2.45, 2.75) is 26.2 Å². The summed E-state index contributed by atoms with van der Waals surface area (Å²) in [5.41, 5.74) is 4.47. The lowest BCUT2D eigenvalue weighted by atomic mass is 9.85. The van der Waals surface area contributed by atoms with Crippen LogP contribution in [0.1, 0.15) is 37.5 Å². The van der Waals surface area contributed by atoms with Crippen LogP contribution in [-0.4, -0.2) is 13.0 Å². The molecule has 1 aliphatic rings. The number of hydrogen-bond donors (Lipinski definition) is 1. The maximum absolute atomic E-state index is 12.3. The molecule has 2 aromatic carbocycles. The smallest absolute Gasteiger partial charge is 0.256 e. The summed E-state index contributed by atoms with van der Waals surface area (Å²) in [5.74, 6) is 0.765. The van der Waals surface area contributed by atoms with Gasteiger partial charge < -0.3 is 10.1 Å². The lowest BCUT2D eigenvalue weighted by molar-refractivity contribution is -0.110. The number of rotatable bonds is 2. The van der Waals surface area contributed by atoms with Crippen LogP contribution in [0.25, 0.3) is 11.6 Å². The van der Waals surface area contributed by atoms with E-state index in [-0.39, 0.29) is 11.3 Å². The number of anilines is 1. The molecule has 0 spiro atoms. The van der Waals surface area contributed by atoms with Gasteiger partial charge in [0.15, 0.2) is 0 Å². The van der Waals surface area contributed by atoms with Crippen molar-refractivity contribution in [3.8, 4) is 5.75 Å². The monoisotopic (exact) mass is 385 g/mol. The highest BCUT2D eigenvalue weighted by Gasteiger charge is 2.25. The maximum Gasteiger partial charge on any atom is 0.256 e. The Morgan fingerprint density at radius 1 is 1.17 bits per heavy atom. The molecule has 0 aromatic heterocycles. The molecule has 1 N–H and O–H groups in total. The largest absolute Gasteiger partial charge is 0.495 e. The first-order valence-electron chi connectivity index (χ1n) is 7.81. The fourth-order valence-corrected chi connectivity index (χ4v) is 3.55. The molecule has 0 bridgehead atoms. The van der Waals surface area contributed by atoms with Gasteiger partial charge in [0.2, 0.25) is 0 Å². The highest BCUT2D eigenvalue weighted by atomic mass is 79.9. The summed E-state index contributed by atoms with van der Waals surface area (Å²) in [6.07, 6.45) is 1.93. The molecule has 1 amide bonds. The molecule has 1 heterocycles. The molecule has 1 aliphatic heterocycles. The standard InChI is InChI=1S/C20H20BrNO2/c1-20(2,3)15-10-12(11-16(21)18(15)24-4)9-14-13-7-5-6-8-17(13)22-19(14)23/h5-11H,1-4H3,(H,22,23)/b14-9-. The molecule has 4 heteroatoms. The summed E-state index contributed by atoms with van der Waals surface area (Å²) in [4.78, 5) is 12.3. The Labute approximate surface area is 150 Å². The van der Waals surface area contributed by atoms with Crippen LogP contribution in [0.2, 0.25) is 0 Å². The summed E-state index contributed by atoms with van der Waals surface area (Å²) >= 11 is 3.59. The van der Waals surface area contributed by atoms with E-state index in [0.29, 0.717) is 5.57 Å². The number of methoxy groups -OCH3 is 1. The number of carbonyl (C=O) groups is 1. The van der Waals surface area contributed by atoms with Crippen LogP contribution in [0, 0.1) is 0 Å². The molecule has 0 fully saturated rings. The first-order valence-corrected chi connectivity index (χ1v) is 8.61. The number of para-hydroxylation sites is 1. The van der Waals surface area contributed by atoms with Gasteiger partial charge in [-0.2, -0.15) is 0 Å². The maximum atomic E-state index is 12.3. The van der Waals surface area contributed by atoms with Gasteiger partial charge in [-0.3, -0.25) is 4.79 Å². The van der Waals surface area contributed by atoms with Crippen LogP contribution in [0.3, 0.4) is 0 Å². The predicted molar refractivity (Wildman–Crippen MR) is 102 cm³/mol. The Morgan fingerprint density at radius 3 is 2.54 bits per heavy atom. The number of benzene rings is 2. The molecule has 0 aliphatic carbocycles. The molecule has 0 radical (unpaired) electrons. The predicted octanol–water partition coefficient (Wildman–Crippen LogP) is 5.25. The fourth-order valence-electron chi connectivity index (χ4n) is 2.91. The van der Waals surface area contributed by atoms with Gasteiger partial charge in [0, 0.05) is 22.4 Å². The number of fused-ring (bicyclic) bond motifs is 1. The third kappa shape index (κ3) is 2.98. The summed E-state index contributed by atoms with van der Waals surface area (Å²) in [6.45, 7) is 6.43. The van der Waals surface area contributed by atoms with Gasteiger partial charge in [0.05, 0.1) is 11.6 Å². The molecule has 3 nitrogen and oxygen atoms in total. The molecule has 0 atom stereocenters. The zero-order chi connectivity index (χ0) is 17.5. The molecule has 0 saturated carbocycles. The van der Waals surface area contributed by atoms with E-state index in [2.05, 4.69) is 48.1 Å². The van der Waals surface area contributed by atoms with Gasteiger partial charge in [-0.25, -0.2) is 0 Å². The van der Waals surface area contributed by atoms with Crippen molar-refractivity contribution >= 4 is 39.2 Å². The third-order valence-electron chi connectivity index (χ3n) is 4.10. The summed E-state index contributed by atoms with van der Waals surface area (Å²) in [7, 11) is 1.67. The fraction of sp³-hybridized carbons (Fsp3) is 0.250. The SMILES string of the molecule is COc1c(Br)cc(/C=C2\C(=O)Nc3ccccc32)cc1C(C)(C)C. The Balaban J connectivity index is 2.15. The Morgan fingerprint density at radius 2 is 1.88 bits per heavy atom. The minimum Gasteiger partial charge on any atom is -0.495 e. The van der Waals surface area contributed by atoms with Crippen LogP contribution < -0.4 is 10.1 Å². The van der Waals surface area contributed by atoms with E-state index in [0.717, 1.165) is 32.6 Å². The van der Waals surface area contributed by atoms with Gasteiger partial charge in [-0.1, -0.05) is 39.0 Å². The van der Waals surface area contributed by atoms with Crippen molar-refractivity contribution in [2.24, 2.45) is 0 Å². The molecule has 0 unspecified atom stereocenters. The van der Waals surface area contributed by atoms with Crippen molar-refractivity contribution < 1.29 is 9.53 Å². The van der Waals surface area contributed by atoms with Gasteiger partial charge in [-0.15, -0.1) is 0 Å². The molecular weight excluding hydrogens is 366 g/mol. The Hall–Kier alpha value is -2.07. The summed E-state index contributed by atoms with van der Waals surface area (Å²) < 4.78 is 6.44. The van der Waals surface area contributed by atoms with Crippen molar-refractivity contribution in [3.05, 3.63) is 57.6 Å². The van der Waals surface area contributed by atoms with Crippen molar-refractivity contribution in [1.29, 1.82) is 0 Å². The van der Waals surface area contributed by atoms with E-state index >= 15 is 0 Å². The van der Waals surface area contributed by atoms with Crippen LogP contribution in [0.15, 0.2) is 40.9 Å². The van der Waals surface area contributed by atoms with Crippen LogP contribution in [0.5, 0.6) is 5.75 Å². The minimum absolute atomic E-state index is 0.0690. The lowest BCUT2D eigenvalue weighted by Gasteiger charge is -2.23. The van der Waals surface area contributed by atoms with E-state index in [1.165, 1.54) is 0 Å². The van der Waals surface area contributed by atoms with E-state index in [1.807, 2.05) is 36.4 Å². The van der Waals surface area contributed by atoms with Gasteiger partial charge in [-0.05, 0) is 51.2 Å². The van der Waals surface area contributed by atoms with E-state index in [1.54, 1.807) is 7.11 Å². The average molecular weight is 386 g/mol. The van der Waals surface area contributed by atoms with Crippen LogP contribution in [-0.2, 0) is 10.2 Å². The number of hydrogen-bond acceptors (Lipinski definition) is 2. The van der Waals surface area contributed by atoms with Gasteiger partial charge in [0.25, 0.3) is 5.91 Å². The zero-order valence-corrected chi connectivity index (χ0v) is 15.8. The van der Waals surface area contributed by atoms with Crippen LogP contribution in [0.4, 0.5) is 5.69 Å².